The fourth-order valence-electron chi connectivity index (χ4n) is 7.05. The van der Waals surface area contributed by atoms with Gasteiger partial charge in [-0.05, 0) is 63.7 Å². The Labute approximate surface area is 297 Å². The lowest BCUT2D eigenvalue weighted by molar-refractivity contribution is 1.24. The molecule has 7 aromatic carbocycles. The molecule has 4 heteroatoms. The smallest absolute Gasteiger partial charge is 0.160 e. The van der Waals surface area contributed by atoms with Crippen molar-refractivity contribution < 1.29 is 0 Å². The molecule has 0 aliphatic carbocycles. The van der Waals surface area contributed by atoms with Crippen molar-refractivity contribution >= 4 is 63.1 Å². The van der Waals surface area contributed by atoms with E-state index in [1.165, 1.54) is 58.3 Å². The molecule has 0 aliphatic heterocycles. The van der Waals surface area contributed by atoms with Crippen LogP contribution in [0.25, 0.3) is 96.5 Å². The molecule has 0 atom stereocenters. The van der Waals surface area contributed by atoms with Crippen molar-refractivity contribution in [3.8, 4) is 56.0 Å². The highest BCUT2D eigenvalue weighted by Gasteiger charge is 2.17. The average Bonchev–Trinajstić information content (AvgIpc) is 3.76. The van der Waals surface area contributed by atoms with Gasteiger partial charge in [0.15, 0.2) is 5.82 Å². The van der Waals surface area contributed by atoms with Crippen LogP contribution in [0.4, 0.5) is 0 Å². The van der Waals surface area contributed by atoms with Crippen LogP contribution in [0.1, 0.15) is 0 Å². The fraction of sp³-hybridized carbons (Fsp3) is 0. The van der Waals surface area contributed by atoms with E-state index in [4.69, 9.17) is 9.97 Å². The molecule has 0 saturated heterocycles. The number of aromatic nitrogens is 2. The lowest BCUT2D eigenvalue weighted by atomic mass is 9.95. The molecule has 10 rings (SSSR count). The second-order valence-corrected chi connectivity index (χ2v) is 14.7. The summed E-state index contributed by atoms with van der Waals surface area (Å²) in [7, 11) is 0. The molecule has 0 radical (unpaired) electrons. The van der Waals surface area contributed by atoms with Crippen LogP contribution in [-0.2, 0) is 0 Å². The Morgan fingerprint density at radius 3 is 1.68 bits per heavy atom. The third kappa shape index (κ3) is 4.92. The maximum absolute atomic E-state index is 5.19. The summed E-state index contributed by atoms with van der Waals surface area (Å²) in [5, 5.41) is 3.81. The van der Waals surface area contributed by atoms with E-state index in [9.17, 15) is 0 Å². The van der Waals surface area contributed by atoms with Crippen molar-refractivity contribution in [2.75, 3.05) is 0 Å². The molecular weight excluding hydrogens is 645 g/mol. The molecular formula is C46H28N2S2. The van der Waals surface area contributed by atoms with Gasteiger partial charge >= 0.3 is 0 Å². The molecule has 0 N–H and O–H groups in total. The van der Waals surface area contributed by atoms with Gasteiger partial charge in [-0.3, -0.25) is 0 Å². The fourth-order valence-corrected chi connectivity index (χ4v) is 9.42. The summed E-state index contributed by atoms with van der Waals surface area (Å²) in [5.74, 6) is 0.746. The van der Waals surface area contributed by atoms with Crippen LogP contribution in [0.15, 0.2) is 170 Å². The van der Waals surface area contributed by atoms with Crippen molar-refractivity contribution in [2.24, 2.45) is 0 Å². The average molecular weight is 673 g/mol. The molecule has 0 fully saturated rings. The molecule has 3 heterocycles. The second-order valence-electron chi connectivity index (χ2n) is 12.6. The standard InChI is InChI=1S/C46H28N2S2/c1-3-12-29(13-4-1)42-45-43(48-46(47-42)30-14-5-2-6-15-30)39-28-34(24-25-41(39)50-45)32-17-9-16-31(26-32)33-18-10-19-35(27-33)36-21-11-22-38-37-20-7-8-23-40(37)49-44(36)38/h1-28H. The van der Waals surface area contributed by atoms with Crippen LogP contribution in [0.5, 0.6) is 0 Å². The Hall–Kier alpha value is -5.94. The zero-order valence-electron chi connectivity index (χ0n) is 26.9. The van der Waals surface area contributed by atoms with Crippen molar-refractivity contribution in [3.63, 3.8) is 0 Å². The van der Waals surface area contributed by atoms with Crippen molar-refractivity contribution in [3.05, 3.63) is 170 Å². The largest absolute Gasteiger partial charge is 0.226 e. The normalized spacial score (nSPS) is 11.6. The van der Waals surface area contributed by atoms with Gasteiger partial charge in [-0.1, -0.05) is 140 Å². The number of fused-ring (bicyclic) bond motifs is 6. The number of hydrogen-bond donors (Lipinski definition) is 0. The first-order valence-corrected chi connectivity index (χ1v) is 18.4. The minimum absolute atomic E-state index is 0.746. The number of nitrogens with zero attached hydrogens (tertiary/aromatic N) is 2. The summed E-state index contributed by atoms with van der Waals surface area (Å²) in [6, 6.07) is 60.8. The molecule has 0 unspecified atom stereocenters. The van der Waals surface area contributed by atoms with E-state index in [-0.39, 0.29) is 0 Å². The molecule has 0 aliphatic rings. The lowest BCUT2D eigenvalue weighted by Gasteiger charge is -2.10. The maximum Gasteiger partial charge on any atom is 0.160 e. The first-order valence-electron chi connectivity index (χ1n) is 16.7. The van der Waals surface area contributed by atoms with Crippen molar-refractivity contribution in [2.45, 2.75) is 0 Å². The van der Waals surface area contributed by atoms with E-state index in [2.05, 4.69) is 146 Å². The van der Waals surface area contributed by atoms with Crippen LogP contribution < -0.4 is 0 Å². The van der Waals surface area contributed by atoms with Gasteiger partial charge in [0, 0.05) is 41.4 Å². The van der Waals surface area contributed by atoms with Crippen LogP contribution in [0.3, 0.4) is 0 Å². The summed E-state index contributed by atoms with van der Waals surface area (Å²) < 4.78 is 4.99. The summed E-state index contributed by atoms with van der Waals surface area (Å²) in [5.41, 5.74) is 11.4. The third-order valence-corrected chi connectivity index (χ3v) is 11.9. The van der Waals surface area contributed by atoms with Crippen LogP contribution in [0.2, 0.25) is 0 Å². The Bertz CT molecular complexity index is 2870. The molecule has 10 aromatic rings. The Morgan fingerprint density at radius 2 is 0.900 bits per heavy atom. The highest BCUT2D eigenvalue weighted by atomic mass is 32.1. The molecule has 234 valence electrons. The third-order valence-electron chi connectivity index (χ3n) is 9.50. The predicted octanol–water partition coefficient (Wildman–Crippen LogP) is 13.5. The second kappa shape index (κ2) is 11.9. The zero-order chi connectivity index (χ0) is 33.0. The van der Waals surface area contributed by atoms with Crippen LogP contribution >= 0.6 is 22.7 Å². The zero-order valence-corrected chi connectivity index (χ0v) is 28.5. The van der Waals surface area contributed by atoms with E-state index < -0.39 is 0 Å². The molecule has 3 aromatic heterocycles. The van der Waals surface area contributed by atoms with Gasteiger partial charge in [0.05, 0.1) is 15.9 Å². The van der Waals surface area contributed by atoms with E-state index in [0.717, 1.165) is 38.2 Å². The van der Waals surface area contributed by atoms with Crippen molar-refractivity contribution in [1.29, 1.82) is 0 Å². The molecule has 0 spiro atoms. The minimum Gasteiger partial charge on any atom is -0.226 e. The van der Waals surface area contributed by atoms with Gasteiger partial charge in [0.2, 0.25) is 0 Å². The first kappa shape index (κ1) is 29.0. The quantitative estimate of drug-likeness (QED) is 0.182. The Morgan fingerprint density at radius 1 is 0.340 bits per heavy atom. The van der Waals surface area contributed by atoms with E-state index >= 15 is 0 Å². The monoisotopic (exact) mass is 672 g/mol. The summed E-state index contributed by atoms with van der Waals surface area (Å²) >= 11 is 3.65. The lowest BCUT2D eigenvalue weighted by Crippen LogP contribution is -1.93. The number of hydrogen-bond acceptors (Lipinski definition) is 4. The SMILES string of the molecule is c1ccc(-c2nc(-c3ccccc3)c3sc4ccc(-c5cccc(-c6cccc(-c7cccc8c7sc7ccccc78)c6)c5)cc4c3n2)cc1. The van der Waals surface area contributed by atoms with E-state index in [0.29, 0.717) is 0 Å². The van der Waals surface area contributed by atoms with Gasteiger partial charge in [-0.15, -0.1) is 22.7 Å². The van der Waals surface area contributed by atoms with Gasteiger partial charge in [0.1, 0.15) is 0 Å². The van der Waals surface area contributed by atoms with E-state index in [1.54, 1.807) is 11.3 Å². The van der Waals surface area contributed by atoms with Crippen LogP contribution in [0, 0.1) is 0 Å². The summed E-state index contributed by atoms with van der Waals surface area (Å²) in [6.07, 6.45) is 0. The molecule has 0 bridgehead atoms. The minimum atomic E-state index is 0.746. The number of thiophene rings is 2. The Balaban J connectivity index is 1.08. The summed E-state index contributed by atoms with van der Waals surface area (Å²) in [6.45, 7) is 0. The van der Waals surface area contributed by atoms with Gasteiger partial charge < -0.3 is 0 Å². The summed E-state index contributed by atoms with van der Waals surface area (Å²) in [4.78, 5) is 10.3. The maximum atomic E-state index is 5.19. The highest BCUT2D eigenvalue weighted by Crippen LogP contribution is 2.43. The Kier molecular flexibility index (Phi) is 6.90. The van der Waals surface area contributed by atoms with Gasteiger partial charge in [-0.25, -0.2) is 9.97 Å². The van der Waals surface area contributed by atoms with Crippen molar-refractivity contribution in [1.82, 2.24) is 9.97 Å². The van der Waals surface area contributed by atoms with Gasteiger partial charge in [0.25, 0.3) is 0 Å². The molecule has 2 nitrogen and oxygen atoms in total. The predicted molar refractivity (Wildman–Crippen MR) is 215 cm³/mol. The molecule has 0 amide bonds. The number of rotatable bonds is 5. The van der Waals surface area contributed by atoms with Gasteiger partial charge in [-0.2, -0.15) is 0 Å². The molecule has 50 heavy (non-hydrogen) atoms. The highest BCUT2D eigenvalue weighted by molar-refractivity contribution is 7.26. The molecule has 0 saturated carbocycles. The topological polar surface area (TPSA) is 25.8 Å². The van der Waals surface area contributed by atoms with E-state index in [1.807, 2.05) is 35.6 Å². The van der Waals surface area contributed by atoms with Crippen LogP contribution in [-0.4, -0.2) is 9.97 Å². The number of benzene rings is 7. The first-order chi connectivity index (χ1) is 24.8.